The van der Waals surface area contributed by atoms with E-state index in [9.17, 15) is 14.4 Å². The minimum atomic E-state index is -0.752. The van der Waals surface area contributed by atoms with Gasteiger partial charge in [-0.2, -0.15) is 0 Å². The first kappa shape index (κ1) is 25.1. The smallest absolute Gasteiger partial charge is 0.333 e. The third-order valence-corrected chi connectivity index (χ3v) is 11.3. The van der Waals surface area contributed by atoms with Gasteiger partial charge in [-0.3, -0.25) is 9.59 Å². The summed E-state index contributed by atoms with van der Waals surface area (Å²) in [6.07, 6.45) is 9.72. The molecule has 0 unspecified atom stereocenters. The largest absolute Gasteiger partial charge is 0.460 e. The second kappa shape index (κ2) is 8.17. The number of esters is 2. The summed E-state index contributed by atoms with van der Waals surface area (Å²) in [5.74, 6) is 0.254. The summed E-state index contributed by atoms with van der Waals surface area (Å²) in [6.45, 7) is 11.2. The molecule has 0 aromatic carbocycles. The molecule has 1 spiro atoms. The molecule has 6 aliphatic rings. The quantitative estimate of drug-likeness (QED) is 0.231. The van der Waals surface area contributed by atoms with Crippen molar-refractivity contribution in [1.29, 1.82) is 0 Å². The number of allylic oxidation sites excluding steroid dienone is 1. The first-order valence-corrected chi connectivity index (χ1v) is 14.1. The van der Waals surface area contributed by atoms with Crippen LogP contribution in [0.1, 0.15) is 86.0 Å². The zero-order valence-corrected chi connectivity index (χ0v) is 22.7. The number of hydrogen-bond acceptors (Lipinski definition) is 7. The zero-order chi connectivity index (χ0) is 26.4. The van der Waals surface area contributed by atoms with Crippen LogP contribution < -0.4 is 0 Å². The van der Waals surface area contributed by atoms with E-state index in [1.807, 2.05) is 13.0 Å². The number of fused-ring (bicyclic) bond motifs is 3. The summed E-state index contributed by atoms with van der Waals surface area (Å²) in [4.78, 5) is 36.8. The first-order chi connectivity index (χ1) is 17.5. The van der Waals surface area contributed by atoms with Gasteiger partial charge in [0.1, 0.15) is 23.4 Å². The molecule has 4 fully saturated rings. The molecule has 0 radical (unpaired) electrons. The molecule has 3 aliphatic carbocycles. The fourth-order valence-corrected chi connectivity index (χ4v) is 9.48. The van der Waals surface area contributed by atoms with Crippen LogP contribution in [0.3, 0.4) is 0 Å². The van der Waals surface area contributed by atoms with Crippen LogP contribution in [-0.4, -0.2) is 47.4 Å². The predicted molar refractivity (Wildman–Crippen MR) is 134 cm³/mol. The van der Waals surface area contributed by atoms with E-state index in [0.717, 1.165) is 38.5 Å². The Morgan fingerprint density at radius 2 is 1.89 bits per heavy atom. The number of rotatable bonds is 4. The highest BCUT2D eigenvalue weighted by Gasteiger charge is 2.71. The second-order valence-electron chi connectivity index (χ2n) is 13.3. The van der Waals surface area contributed by atoms with Crippen LogP contribution >= 0.6 is 0 Å². The topological polar surface area (TPSA) is 88.1 Å². The summed E-state index contributed by atoms with van der Waals surface area (Å²) in [7, 11) is 0. The van der Waals surface area contributed by atoms with Gasteiger partial charge in [-0.1, -0.05) is 31.6 Å². The fourth-order valence-electron chi connectivity index (χ4n) is 9.48. The molecule has 0 aromatic heterocycles. The highest BCUT2D eigenvalue weighted by Crippen LogP contribution is 2.66. The van der Waals surface area contributed by atoms with Crippen LogP contribution in [-0.2, 0) is 33.3 Å². The molecular formula is C30H40O7. The lowest BCUT2D eigenvalue weighted by molar-refractivity contribution is -0.175. The second-order valence-corrected chi connectivity index (χ2v) is 13.3. The number of carbonyl (C=O) groups is 3. The van der Waals surface area contributed by atoms with Crippen LogP contribution in [0.2, 0.25) is 0 Å². The monoisotopic (exact) mass is 512 g/mol. The van der Waals surface area contributed by atoms with Crippen molar-refractivity contribution in [3.63, 3.8) is 0 Å². The van der Waals surface area contributed by atoms with E-state index >= 15 is 0 Å². The molecule has 7 heteroatoms. The van der Waals surface area contributed by atoms with Crippen LogP contribution in [0.25, 0.3) is 0 Å². The normalized spacial score (nSPS) is 46.7. The Hall–Kier alpha value is -2.15. The molecule has 0 amide bonds. The maximum atomic E-state index is 12.5. The summed E-state index contributed by atoms with van der Waals surface area (Å²) in [5, 5.41) is 0. The highest BCUT2D eigenvalue weighted by molar-refractivity contribution is 5.88. The molecule has 9 atom stereocenters. The van der Waals surface area contributed by atoms with Crippen molar-refractivity contribution in [1.82, 2.24) is 0 Å². The SMILES string of the molecule is CC1=CC[C@H]([C@H](C)[C@H]2CC=C3[C@H]4CC[C@@H]5C(C)(C)O[C@H]6CC(=O)O[C@]65C[C@]4(OC=O)CC[C@]32C)OC1=O. The first-order valence-electron chi connectivity index (χ1n) is 14.1. The standard InChI is InChI=1S/C30H40O7/c1-17-6-10-22(35-26(17)33)18(2)19-7-8-20-21-9-11-23-27(3,4)36-24-14-25(32)37-30(23,24)15-29(21,34-16-31)13-12-28(19,20)5/h6,8,16,18-19,21-24H,7,9-15H2,1-5H3/t18-,19-,21-,22-,23-,24+,28+,29-,30+/m1/s1. The molecule has 3 aliphatic heterocycles. The minimum Gasteiger partial charge on any atom is -0.460 e. The van der Waals surface area contributed by atoms with Crippen molar-refractivity contribution in [3.05, 3.63) is 23.3 Å². The van der Waals surface area contributed by atoms with Gasteiger partial charge in [0.2, 0.25) is 0 Å². The van der Waals surface area contributed by atoms with Crippen LogP contribution in [0.15, 0.2) is 23.3 Å². The Morgan fingerprint density at radius 3 is 2.62 bits per heavy atom. The van der Waals surface area contributed by atoms with Crippen molar-refractivity contribution >= 4 is 18.4 Å². The van der Waals surface area contributed by atoms with Crippen molar-refractivity contribution in [2.24, 2.45) is 29.1 Å². The maximum Gasteiger partial charge on any atom is 0.333 e. The third kappa shape index (κ3) is 3.44. The Labute approximate surface area is 219 Å². The van der Waals surface area contributed by atoms with Crippen LogP contribution in [0.4, 0.5) is 0 Å². The summed E-state index contributed by atoms with van der Waals surface area (Å²) >= 11 is 0. The van der Waals surface area contributed by atoms with Crippen molar-refractivity contribution in [2.75, 3.05) is 0 Å². The molecule has 6 rings (SSSR count). The lowest BCUT2D eigenvalue weighted by Crippen LogP contribution is -2.55. The zero-order valence-electron chi connectivity index (χ0n) is 22.7. The summed E-state index contributed by atoms with van der Waals surface area (Å²) in [6, 6.07) is 0. The fraction of sp³-hybridized carbons (Fsp3) is 0.767. The van der Waals surface area contributed by atoms with E-state index in [0.29, 0.717) is 24.4 Å². The van der Waals surface area contributed by atoms with Crippen LogP contribution in [0.5, 0.6) is 0 Å². The molecule has 2 saturated carbocycles. The minimum absolute atomic E-state index is 0.0498. The Morgan fingerprint density at radius 1 is 1.11 bits per heavy atom. The van der Waals surface area contributed by atoms with Crippen molar-refractivity contribution in [2.45, 2.75) is 115 Å². The van der Waals surface area contributed by atoms with E-state index in [4.69, 9.17) is 18.9 Å². The van der Waals surface area contributed by atoms with Gasteiger partial charge in [-0.25, -0.2) is 4.79 Å². The molecular weight excluding hydrogens is 472 g/mol. The van der Waals surface area contributed by atoms with Gasteiger partial charge in [0.25, 0.3) is 6.47 Å². The average Bonchev–Trinajstić information content (AvgIpc) is 3.34. The predicted octanol–water partition coefficient (Wildman–Crippen LogP) is 4.82. The maximum absolute atomic E-state index is 12.5. The van der Waals surface area contributed by atoms with Crippen molar-refractivity contribution < 1.29 is 33.3 Å². The van der Waals surface area contributed by atoms with Crippen molar-refractivity contribution in [3.8, 4) is 0 Å². The third-order valence-electron chi connectivity index (χ3n) is 11.3. The Bertz CT molecular complexity index is 1090. The molecule has 2 saturated heterocycles. The van der Waals surface area contributed by atoms with Gasteiger partial charge in [-0.15, -0.1) is 0 Å². The van der Waals surface area contributed by atoms with E-state index in [1.165, 1.54) is 5.57 Å². The summed E-state index contributed by atoms with van der Waals surface area (Å²) < 4.78 is 24.6. The van der Waals surface area contributed by atoms with Gasteiger partial charge < -0.3 is 18.9 Å². The van der Waals surface area contributed by atoms with Gasteiger partial charge in [0, 0.05) is 30.3 Å². The molecule has 0 N–H and O–H groups in total. The number of ether oxygens (including phenoxy) is 4. The number of hydrogen-bond donors (Lipinski definition) is 0. The van der Waals surface area contributed by atoms with E-state index in [2.05, 4.69) is 33.8 Å². The van der Waals surface area contributed by atoms with Crippen LogP contribution in [0, 0.1) is 29.1 Å². The van der Waals surface area contributed by atoms with E-state index in [1.54, 1.807) is 0 Å². The molecule has 7 nitrogen and oxygen atoms in total. The molecule has 37 heavy (non-hydrogen) atoms. The lowest BCUT2D eigenvalue weighted by atomic mass is 9.55. The Balaban J connectivity index is 1.33. The van der Waals surface area contributed by atoms with E-state index in [-0.39, 0.29) is 53.7 Å². The molecule has 3 heterocycles. The van der Waals surface area contributed by atoms with Gasteiger partial charge >= 0.3 is 11.9 Å². The summed E-state index contributed by atoms with van der Waals surface area (Å²) in [5.41, 5.74) is 0.124. The molecule has 202 valence electrons. The van der Waals surface area contributed by atoms with Gasteiger partial charge in [-0.05, 0) is 70.1 Å². The molecule has 0 aromatic rings. The lowest BCUT2D eigenvalue weighted by Gasteiger charge is -2.53. The van der Waals surface area contributed by atoms with E-state index < -0.39 is 16.8 Å². The number of cyclic esters (lactones) is 1. The molecule has 0 bridgehead atoms. The number of carbonyl (C=O) groups excluding carboxylic acids is 3. The van der Waals surface area contributed by atoms with Gasteiger partial charge in [0.05, 0.1) is 12.0 Å². The average molecular weight is 513 g/mol. The Kier molecular flexibility index (Phi) is 5.56. The van der Waals surface area contributed by atoms with Gasteiger partial charge in [0.15, 0.2) is 0 Å². The highest BCUT2D eigenvalue weighted by atomic mass is 16.6.